The smallest absolute Gasteiger partial charge is 0.00210 e. The molecule has 0 N–H and O–H groups in total. The van der Waals surface area contributed by atoms with Gasteiger partial charge in [0.1, 0.15) is 0 Å². The standard InChI is InChI=1S/C16H16/c1-2-8-7(1)5-11(8)12-6-13-14-9-3-4-10(9)16(14)15(12)13/h5,7-8,12-13,15H,1-4,6H2. The number of hydrogen-bond donors (Lipinski definition) is 0. The molecule has 6 aliphatic carbocycles. The molecule has 0 nitrogen and oxygen atoms in total. The fraction of sp³-hybridized carbons (Fsp3) is 0.625. The highest BCUT2D eigenvalue weighted by molar-refractivity contribution is 5.74. The van der Waals surface area contributed by atoms with Crippen molar-refractivity contribution >= 4 is 0 Å². The summed E-state index contributed by atoms with van der Waals surface area (Å²) in [4.78, 5) is 0. The number of hydrogen-bond acceptors (Lipinski definition) is 0. The van der Waals surface area contributed by atoms with Gasteiger partial charge >= 0.3 is 0 Å². The summed E-state index contributed by atoms with van der Waals surface area (Å²) in [5.41, 5.74) is 9.29. The van der Waals surface area contributed by atoms with Crippen LogP contribution in [0.15, 0.2) is 33.9 Å². The quantitative estimate of drug-likeness (QED) is 0.577. The summed E-state index contributed by atoms with van der Waals surface area (Å²) in [7, 11) is 0. The molecule has 5 unspecified atom stereocenters. The van der Waals surface area contributed by atoms with Crippen LogP contribution in [0.1, 0.15) is 32.1 Å². The normalized spacial score (nSPS) is 53.5. The molecular weight excluding hydrogens is 192 g/mol. The highest BCUT2D eigenvalue weighted by Gasteiger charge is 2.63. The van der Waals surface area contributed by atoms with Gasteiger partial charge < -0.3 is 0 Å². The average molecular weight is 208 g/mol. The van der Waals surface area contributed by atoms with Crippen LogP contribution >= 0.6 is 0 Å². The first-order valence-corrected chi connectivity index (χ1v) is 7.12. The second-order valence-electron chi connectivity index (χ2n) is 6.77. The lowest BCUT2D eigenvalue weighted by atomic mass is 9.37. The molecule has 16 heavy (non-hydrogen) atoms. The Labute approximate surface area is 96.1 Å². The Morgan fingerprint density at radius 1 is 0.875 bits per heavy atom. The van der Waals surface area contributed by atoms with E-state index < -0.39 is 0 Å². The van der Waals surface area contributed by atoms with E-state index in [0.717, 1.165) is 29.6 Å². The molecule has 0 aromatic carbocycles. The molecular formula is C16H16. The lowest BCUT2D eigenvalue weighted by molar-refractivity contribution is 0.0737. The molecule has 0 aromatic rings. The van der Waals surface area contributed by atoms with E-state index in [-0.39, 0.29) is 0 Å². The van der Waals surface area contributed by atoms with E-state index in [1.165, 1.54) is 32.1 Å². The van der Waals surface area contributed by atoms with Crippen molar-refractivity contribution < 1.29 is 0 Å². The second kappa shape index (κ2) is 2.00. The molecule has 80 valence electrons. The molecule has 0 aromatic heterocycles. The number of allylic oxidation sites excluding steroid dienone is 6. The minimum absolute atomic E-state index is 1.01. The summed E-state index contributed by atoms with van der Waals surface area (Å²) >= 11 is 0. The van der Waals surface area contributed by atoms with Crippen LogP contribution in [0, 0.1) is 29.6 Å². The van der Waals surface area contributed by atoms with Crippen LogP contribution in [0.2, 0.25) is 0 Å². The van der Waals surface area contributed by atoms with E-state index in [0.29, 0.717) is 0 Å². The summed E-state index contributed by atoms with van der Waals surface area (Å²) in [5.74, 6) is 5.17. The van der Waals surface area contributed by atoms with Gasteiger partial charge in [-0.2, -0.15) is 0 Å². The SMILES string of the molecule is C1=C(C2CC3C4=C(C5=C4CC5)C23)C2CCC12. The van der Waals surface area contributed by atoms with Gasteiger partial charge in [-0.15, -0.1) is 0 Å². The number of rotatable bonds is 1. The first-order chi connectivity index (χ1) is 7.93. The molecule has 0 heterocycles. The topological polar surface area (TPSA) is 0 Å². The maximum Gasteiger partial charge on any atom is -0.00210 e. The Morgan fingerprint density at radius 2 is 1.75 bits per heavy atom. The highest BCUT2D eigenvalue weighted by atomic mass is 14.7. The van der Waals surface area contributed by atoms with Crippen molar-refractivity contribution in [2.75, 3.05) is 0 Å². The molecule has 6 rings (SSSR count). The predicted octanol–water partition coefficient (Wildman–Crippen LogP) is 3.62. The molecule has 0 spiro atoms. The molecule has 0 radical (unpaired) electrons. The monoisotopic (exact) mass is 208 g/mol. The molecule has 0 aliphatic heterocycles. The average Bonchev–Trinajstić information content (AvgIpc) is 2.19. The van der Waals surface area contributed by atoms with E-state index in [1.807, 2.05) is 27.9 Å². The summed E-state index contributed by atoms with van der Waals surface area (Å²) < 4.78 is 0. The van der Waals surface area contributed by atoms with Crippen LogP contribution in [0.25, 0.3) is 0 Å². The van der Waals surface area contributed by atoms with Crippen LogP contribution in [-0.2, 0) is 0 Å². The zero-order valence-electron chi connectivity index (χ0n) is 9.50. The Morgan fingerprint density at radius 3 is 2.38 bits per heavy atom. The minimum atomic E-state index is 1.01. The molecule has 2 fully saturated rings. The van der Waals surface area contributed by atoms with Gasteiger partial charge in [-0.1, -0.05) is 11.6 Å². The Bertz CT molecular complexity index is 542. The summed E-state index contributed by atoms with van der Waals surface area (Å²) in [6, 6.07) is 0. The van der Waals surface area contributed by atoms with E-state index in [4.69, 9.17) is 0 Å². The van der Waals surface area contributed by atoms with Crippen molar-refractivity contribution in [1.82, 2.24) is 0 Å². The lowest BCUT2D eigenvalue weighted by Crippen LogP contribution is -2.56. The van der Waals surface area contributed by atoms with E-state index >= 15 is 0 Å². The van der Waals surface area contributed by atoms with Gasteiger partial charge in [-0.05, 0) is 84.0 Å². The van der Waals surface area contributed by atoms with Crippen LogP contribution in [0.4, 0.5) is 0 Å². The van der Waals surface area contributed by atoms with E-state index in [2.05, 4.69) is 6.08 Å². The first kappa shape index (κ1) is 7.53. The third kappa shape index (κ3) is 0.527. The van der Waals surface area contributed by atoms with Crippen molar-refractivity contribution in [2.24, 2.45) is 29.6 Å². The lowest BCUT2D eigenvalue weighted by Gasteiger charge is -2.67. The Hall–Kier alpha value is -0.780. The highest BCUT2D eigenvalue weighted by Crippen LogP contribution is 2.74. The van der Waals surface area contributed by atoms with Crippen LogP contribution in [0.5, 0.6) is 0 Å². The summed E-state index contributed by atoms with van der Waals surface area (Å²) in [5, 5.41) is 0. The van der Waals surface area contributed by atoms with Crippen molar-refractivity contribution in [3.8, 4) is 0 Å². The molecule has 0 heteroatoms. The van der Waals surface area contributed by atoms with Crippen molar-refractivity contribution in [3.05, 3.63) is 33.9 Å². The molecule has 0 amide bonds. The van der Waals surface area contributed by atoms with Gasteiger partial charge in [0.25, 0.3) is 0 Å². The molecule has 5 atom stereocenters. The maximum absolute atomic E-state index is 2.64. The van der Waals surface area contributed by atoms with Gasteiger partial charge in [0.05, 0.1) is 0 Å². The van der Waals surface area contributed by atoms with Gasteiger partial charge in [0.2, 0.25) is 0 Å². The first-order valence-electron chi connectivity index (χ1n) is 7.12. The number of fused-ring (bicyclic) bond motifs is 6. The molecule has 6 aliphatic rings. The van der Waals surface area contributed by atoms with E-state index in [9.17, 15) is 0 Å². The van der Waals surface area contributed by atoms with Gasteiger partial charge in [0.15, 0.2) is 0 Å². The molecule has 0 bridgehead atoms. The predicted molar refractivity (Wildman–Crippen MR) is 62.7 cm³/mol. The van der Waals surface area contributed by atoms with Crippen LogP contribution in [0.3, 0.4) is 0 Å². The zero-order chi connectivity index (χ0) is 10.0. The fourth-order valence-corrected chi connectivity index (χ4v) is 5.42. The maximum atomic E-state index is 2.64. The van der Waals surface area contributed by atoms with Crippen LogP contribution < -0.4 is 0 Å². The Balaban J connectivity index is 1.35. The van der Waals surface area contributed by atoms with Crippen molar-refractivity contribution in [2.45, 2.75) is 32.1 Å². The Kier molecular flexibility index (Phi) is 0.943. The van der Waals surface area contributed by atoms with Crippen LogP contribution in [-0.4, -0.2) is 0 Å². The van der Waals surface area contributed by atoms with Gasteiger partial charge in [-0.3, -0.25) is 0 Å². The third-order valence-electron chi connectivity index (χ3n) is 6.60. The second-order valence-corrected chi connectivity index (χ2v) is 6.77. The largest absolute Gasteiger partial charge is 0.0810 e. The third-order valence-corrected chi connectivity index (χ3v) is 6.60. The fourth-order valence-electron chi connectivity index (χ4n) is 5.42. The van der Waals surface area contributed by atoms with Gasteiger partial charge in [-0.25, -0.2) is 0 Å². The van der Waals surface area contributed by atoms with E-state index in [1.54, 1.807) is 0 Å². The zero-order valence-corrected chi connectivity index (χ0v) is 9.50. The minimum Gasteiger partial charge on any atom is -0.0810 e. The molecule has 0 saturated heterocycles. The van der Waals surface area contributed by atoms with Crippen molar-refractivity contribution in [3.63, 3.8) is 0 Å². The van der Waals surface area contributed by atoms with Crippen molar-refractivity contribution in [1.29, 1.82) is 0 Å². The summed E-state index contributed by atoms with van der Waals surface area (Å²) in [6.45, 7) is 0. The van der Waals surface area contributed by atoms with Gasteiger partial charge in [0, 0.05) is 0 Å². The summed E-state index contributed by atoms with van der Waals surface area (Å²) in [6.07, 6.45) is 10.0. The molecule has 2 saturated carbocycles.